The Morgan fingerprint density at radius 2 is 1.79 bits per heavy atom. The van der Waals surface area contributed by atoms with Crippen molar-refractivity contribution in [1.29, 1.82) is 0 Å². The molecule has 0 amide bonds. The van der Waals surface area contributed by atoms with E-state index in [0.29, 0.717) is 34.9 Å². The standard InChI is InChI=1S/C27H22F4N2O4S/c28-22-8-10-25-19(13-22)14-26(37-25)38(35,36)33-11-1-2-23(33)24(34)9-3-17-12-20(16-32-15-17)18-4-6-21(7-5-18)27(29,30)31/h4-8,10,12-16,23H,1-3,9,11H2/t23-/m0/s1. The predicted octanol–water partition coefficient (Wildman–Crippen LogP) is 6.01. The summed E-state index contributed by atoms with van der Waals surface area (Å²) in [5.41, 5.74) is 1.34. The highest BCUT2D eigenvalue weighted by molar-refractivity contribution is 7.89. The molecule has 0 unspecified atom stereocenters. The van der Waals surface area contributed by atoms with Crippen LogP contribution in [0.15, 0.2) is 76.5 Å². The number of furan rings is 1. The van der Waals surface area contributed by atoms with Crippen LogP contribution in [0.2, 0.25) is 0 Å². The summed E-state index contributed by atoms with van der Waals surface area (Å²) in [6.45, 7) is 0.162. The van der Waals surface area contributed by atoms with Crippen LogP contribution >= 0.6 is 0 Å². The van der Waals surface area contributed by atoms with Crippen LogP contribution in [0.5, 0.6) is 0 Å². The molecular formula is C27H22F4N2O4S. The molecule has 2 aromatic heterocycles. The third kappa shape index (κ3) is 5.21. The van der Waals surface area contributed by atoms with Crippen LogP contribution < -0.4 is 0 Å². The number of ketones is 1. The smallest absolute Gasteiger partial charge is 0.416 e. The minimum Gasteiger partial charge on any atom is -0.443 e. The van der Waals surface area contributed by atoms with Gasteiger partial charge >= 0.3 is 6.18 Å². The van der Waals surface area contributed by atoms with Gasteiger partial charge in [0.15, 0.2) is 5.78 Å². The minimum atomic E-state index is -4.43. The second-order valence-electron chi connectivity index (χ2n) is 9.14. The van der Waals surface area contributed by atoms with Crippen molar-refractivity contribution in [2.24, 2.45) is 0 Å². The number of Topliss-reactive ketones (excluding diaryl/α,β-unsaturated/α-hetero) is 1. The van der Waals surface area contributed by atoms with Crippen LogP contribution in [-0.2, 0) is 27.4 Å². The number of nitrogens with zero attached hydrogens (tertiary/aromatic N) is 2. The normalized spacial score (nSPS) is 16.8. The Hall–Kier alpha value is -3.57. The Morgan fingerprint density at radius 3 is 2.53 bits per heavy atom. The van der Waals surface area contributed by atoms with Crippen molar-refractivity contribution in [2.75, 3.05) is 6.54 Å². The zero-order valence-corrected chi connectivity index (χ0v) is 20.7. The molecular weight excluding hydrogens is 524 g/mol. The topological polar surface area (TPSA) is 80.5 Å². The van der Waals surface area contributed by atoms with Crippen molar-refractivity contribution in [3.63, 3.8) is 0 Å². The van der Waals surface area contributed by atoms with Gasteiger partial charge in [0.25, 0.3) is 10.0 Å². The lowest BCUT2D eigenvalue weighted by molar-refractivity contribution is -0.137. The van der Waals surface area contributed by atoms with Crippen molar-refractivity contribution in [3.8, 4) is 11.1 Å². The number of benzene rings is 2. The van der Waals surface area contributed by atoms with Crippen LogP contribution in [0.3, 0.4) is 0 Å². The minimum absolute atomic E-state index is 0.0557. The van der Waals surface area contributed by atoms with E-state index in [0.717, 1.165) is 16.4 Å². The fourth-order valence-electron chi connectivity index (χ4n) is 4.65. The average molecular weight is 547 g/mol. The number of carbonyl (C=O) groups excluding carboxylic acids is 1. The van der Waals surface area contributed by atoms with Gasteiger partial charge in [0.05, 0.1) is 11.6 Å². The number of hydrogen-bond acceptors (Lipinski definition) is 5. The first-order valence-electron chi connectivity index (χ1n) is 11.9. The maximum Gasteiger partial charge on any atom is 0.416 e. The Labute approximate surface area is 215 Å². The molecule has 1 saturated heterocycles. The molecule has 0 aliphatic carbocycles. The third-order valence-corrected chi connectivity index (χ3v) is 8.36. The largest absolute Gasteiger partial charge is 0.443 e. The van der Waals surface area contributed by atoms with Crippen LogP contribution in [0.4, 0.5) is 17.6 Å². The SMILES string of the molecule is O=C(CCc1cncc(-c2ccc(C(F)(F)F)cc2)c1)[C@@H]1CCCN1S(=O)(=O)c1cc2cc(F)ccc2o1. The number of carbonyl (C=O) groups is 1. The second-order valence-corrected chi connectivity index (χ2v) is 11.0. The molecule has 1 atom stereocenters. The first kappa shape index (κ1) is 26.1. The van der Waals surface area contributed by atoms with Gasteiger partial charge in [0.1, 0.15) is 11.4 Å². The molecule has 1 aliphatic heterocycles. The molecule has 1 aliphatic rings. The average Bonchev–Trinajstić information content (AvgIpc) is 3.55. The predicted molar refractivity (Wildman–Crippen MR) is 131 cm³/mol. The molecule has 0 bridgehead atoms. The van der Waals surface area contributed by atoms with E-state index < -0.39 is 33.6 Å². The number of aromatic nitrogens is 1. The Bertz CT molecular complexity index is 1600. The molecule has 3 heterocycles. The molecule has 1 fully saturated rings. The van der Waals surface area contributed by atoms with Gasteiger partial charge in [-0.2, -0.15) is 17.5 Å². The molecule has 11 heteroatoms. The maximum atomic E-state index is 13.5. The van der Waals surface area contributed by atoms with Crippen molar-refractivity contribution in [3.05, 3.63) is 83.9 Å². The van der Waals surface area contributed by atoms with E-state index in [1.165, 1.54) is 42.6 Å². The molecule has 0 radical (unpaired) electrons. The van der Waals surface area contributed by atoms with Crippen LogP contribution in [0.1, 0.15) is 30.4 Å². The lowest BCUT2D eigenvalue weighted by Gasteiger charge is -2.21. The highest BCUT2D eigenvalue weighted by atomic mass is 32.2. The van der Waals surface area contributed by atoms with E-state index in [4.69, 9.17) is 4.42 Å². The van der Waals surface area contributed by atoms with Crippen molar-refractivity contribution < 1.29 is 35.2 Å². The quantitative estimate of drug-likeness (QED) is 0.265. The summed E-state index contributed by atoms with van der Waals surface area (Å²) in [5.74, 6) is -0.776. The first-order valence-corrected chi connectivity index (χ1v) is 13.3. The summed E-state index contributed by atoms with van der Waals surface area (Å²) in [7, 11) is -4.12. The molecule has 6 nitrogen and oxygen atoms in total. The number of fused-ring (bicyclic) bond motifs is 1. The number of halogens is 4. The number of sulfonamides is 1. The van der Waals surface area contributed by atoms with E-state index in [2.05, 4.69) is 4.98 Å². The van der Waals surface area contributed by atoms with Gasteiger partial charge in [-0.1, -0.05) is 12.1 Å². The van der Waals surface area contributed by atoms with Gasteiger partial charge in [-0.3, -0.25) is 9.78 Å². The Balaban J connectivity index is 1.28. The molecule has 0 saturated carbocycles. The Morgan fingerprint density at radius 1 is 1.03 bits per heavy atom. The third-order valence-electron chi connectivity index (χ3n) is 6.59. The zero-order chi connectivity index (χ0) is 27.1. The van der Waals surface area contributed by atoms with E-state index >= 15 is 0 Å². The van der Waals surface area contributed by atoms with Crippen molar-refractivity contribution in [1.82, 2.24) is 9.29 Å². The maximum absolute atomic E-state index is 13.5. The summed E-state index contributed by atoms with van der Waals surface area (Å²) >= 11 is 0. The van der Waals surface area contributed by atoms with Gasteiger partial charge in [-0.25, -0.2) is 12.8 Å². The first-order chi connectivity index (χ1) is 18.0. The van der Waals surface area contributed by atoms with Gasteiger partial charge in [0.2, 0.25) is 5.09 Å². The van der Waals surface area contributed by atoms with Gasteiger partial charge in [0, 0.05) is 42.4 Å². The van der Waals surface area contributed by atoms with Crippen molar-refractivity contribution >= 4 is 26.8 Å². The van der Waals surface area contributed by atoms with Crippen LogP contribution in [-0.4, -0.2) is 36.1 Å². The molecule has 0 spiro atoms. The summed E-state index contributed by atoms with van der Waals surface area (Å²) < 4.78 is 85.2. The summed E-state index contributed by atoms with van der Waals surface area (Å²) in [5, 5.41) is -0.0303. The van der Waals surface area contributed by atoms with Crippen molar-refractivity contribution in [2.45, 2.75) is 43.0 Å². The highest BCUT2D eigenvalue weighted by Crippen LogP contribution is 2.32. The lowest BCUT2D eigenvalue weighted by atomic mass is 10.00. The zero-order valence-electron chi connectivity index (χ0n) is 19.9. The van der Waals surface area contributed by atoms with Gasteiger partial charge in [-0.15, -0.1) is 0 Å². The monoisotopic (exact) mass is 546 g/mol. The Kier molecular flexibility index (Phi) is 6.83. The molecule has 0 N–H and O–H groups in total. The van der Waals surface area contributed by atoms with Crippen LogP contribution in [0.25, 0.3) is 22.1 Å². The molecule has 5 rings (SSSR count). The molecule has 2 aromatic carbocycles. The molecule has 198 valence electrons. The highest BCUT2D eigenvalue weighted by Gasteiger charge is 2.40. The summed E-state index contributed by atoms with van der Waals surface area (Å²) in [4.78, 5) is 17.2. The number of pyridine rings is 1. The molecule has 4 aromatic rings. The number of aryl methyl sites for hydroxylation is 1. The van der Waals surface area contributed by atoms with E-state index in [1.807, 2.05) is 0 Å². The van der Waals surface area contributed by atoms with E-state index in [1.54, 1.807) is 12.3 Å². The second kappa shape index (κ2) is 9.95. The van der Waals surface area contributed by atoms with Gasteiger partial charge in [-0.05, 0) is 66.8 Å². The number of hydrogen-bond donors (Lipinski definition) is 0. The van der Waals surface area contributed by atoms with Crippen LogP contribution in [0, 0.1) is 5.82 Å². The number of rotatable bonds is 7. The fourth-order valence-corrected chi connectivity index (χ4v) is 6.28. The number of alkyl halides is 3. The molecule has 38 heavy (non-hydrogen) atoms. The van der Waals surface area contributed by atoms with E-state index in [-0.39, 0.29) is 35.8 Å². The van der Waals surface area contributed by atoms with Gasteiger partial charge < -0.3 is 4.42 Å². The fraction of sp³-hybridized carbons (Fsp3) is 0.259. The summed E-state index contributed by atoms with van der Waals surface area (Å²) in [6, 6.07) is 10.6. The van der Waals surface area contributed by atoms with E-state index in [9.17, 15) is 30.8 Å². The lowest BCUT2D eigenvalue weighted by Crippen LogP contribution is -2.40. The summed E-state index contributed by atoms with van der Waals surface area (Å²) in [6.07, 6.45) is -0.111.